The van der Waals surface area contributed by atoms with Gasteiger partial charge in [-0.3, -0.25) is 4.79 Å². The molecule has 2 aromatic carbocycles. The van der Waals surface area contributed by atoms with Gasteiger partial charge in [0.2, 0.25) is 0 Å². The molecule has 0 atom stereocenters. The minimum Gasteiger partial charge on any atom is -0.478 e. The number of aliphatic carboxylic acids is 1. The lowest BCUT2D eigenvalue weighted by Gasteiger charge is -2.29. The first-order valence-corrected chi connectivity index (χ1v) is 9.53. The van der Waals surface area contributed by atoms with Crippen LogP contribution in [0.1, 0.15) is 45.8 Å². The number of carboxylic acid groups (broad SMARTS) is 1. The van der Waals surface area contributed by atoms with Crippen LogP contribution in [0.25, 0.3) is 12.2 Å². The molecule has 0 amide bonds. The molecule has 0 radical (unpaired) electrons. The van der Waals surface area contributed by atoms with E-state index in [2.05, 4.69) is 24.1 Å². The van der Waals surface area contributed by atoms with Crippen LogP contribution in [0.15, 0.2) is 60.7 Å². The molecule has 4 nitrogen and oxygen atoms in total. The van der Waals surface area contributed by atoms with Crippen molar-refractivity contribution in [2.75, 3.05) is 20.1 Å². The van der Waals surface area contributed by atoms with Crippen molar-refractivity contribution in [3.63, 3.8) is 0 Å². The van der Waals surface area contributed by atoms with E-state index in [1.165, 1.54) is 24.5 Å². The Kier molecular flexibility index (Phi) is 6.56. The molecule has 0 bridgehead atoms. The first-order chi connectivity index (χ1) is 13.5. The fraction of sp³-hybridized carbons (Fsp3) is 0.250. The van der Waals surface area contributed by atoms with E-state index in [0.29, 0.717) is 11.5 Å². The molecule has 0 saturated carbocycles. The van der Waals surface area contributed by atoms with Gasteiger partial charge in [0.1, 0.15) is 0 Å². The zero-order valence-corrected chi connectivity index (χ0v) is 16.0. The number of likely N-dealkylation sites (tertiary alicyclic amines) is 1. The summed E-state index contributed by atoms with van der Waals surface area (Å²) in [5.74, 6) is -0.411. The molecule has 3 rings (SSSR count). The van der Waals surface area contributed by atoms with E-state index in [4.69, 9.17) is 5.11 Å². The van der Waals surface area contributed by atoms with Crippen LogP contribution < -0.4 is 0 Å². The SMILES string of the molecule is CN1CCC(c2ccc(C(=O)C=Cc3ccc(C=CC(=O)O)cc3)cc2)CC1. The Hall–Kier alpha value is -2.98. The van der Waals surface area contributed by atoms with E-state index in [1.54, 1.807) is 12.2 Å². The van der Waals surface area contributed by atoms with Gasteiger partial charge in [0.25, 0.3) is 0 Å². The predicted molar refractivity (Wildman–Crippen MR) is 112 cm³/mol. The maximum absolute atomic E-state index is 12.4. The highest BCUT2D eigenvalue weighted by Gasteiger charge is 2.18. The molecule has 0 aliphatic carbocycles. The van der Waals surface area contributed by atoms with E-state index < -0.39 is 5.97 Å². The van der Waals surface area contributed by atoms with Crippen molar-refractivity contribution in [1.29, 1.82) is 0 Å². The molecule has 1 saturated heterocycles. The van der Waals surface area contributed by atoms with Crippen molar-refractivity contribution < 1.29 is 14.7 Å². The van der Waals surface area contributed by atoms with Gasteiger partial charge in [-0.05, 0) is 67.7 Å². The molecule has 0 unspecified atom stereocenters. The molecule has 0 aromatic heterocycles. The summed E-state index contributed by atoms with van der Waals surface area (Å²) < 4.78 is 0. The highest BCUT2D eigenvalue weighted by Crippen LogP contribution is 2.27. The second-order valence-electron chi connectivity index (χ2n) is 7.24. The molecule has 1 heterocycles. The van der Waals surface area contributed by atoms with Crippen LogP contribution in [0, 0.1) is 0 Å². The van der Waals surface area contributed by atoms with Gasteiger partial charge in [0.15, 0.2) is 5.78 Å². The topological polar surface area (TPSA) is 57.6 Å². The summed E-state index contributed by atoms with van der Waals surface area (Å²) in [4.78, 5) is 25.3. The quantitative estimate of drug-likeness (QED) is 0.597. The molecule has 1 aliphatic heterocycles. The molecule has 1 aliphatic rings. The Morgan fingerprint density at radius 2 is 1.43 bits per heavy atom. The average molecular weight is 375 g/mol. The maximum atomic E-state index is 12.4. The summed E-state index contributed by atoms with van der Waals surface area (Å²) in [5.41, 5.74) is 3.70. The van der Waals surface area contributed by atoms with Crippen molar-refractivity contribution in [3.8, 4) is 0 Å². The third-order valence-electron chi connectivity index (χ3n) is 5.17. The number of piperidine rings is 1. The number of rotatable bonds is 6. The molecule has 2 aromatic rings. The second-order valence-corrected chi connectivity index (χ2v) is 7.24. The summed E-state index contributed by atoms with van der Waals surface area (Å²) >= 11 is 0. The maximum Gasteiger partial charge on any atom is 0.328 e. The van der Waals surface area contributed by atoms with Crippen molar-refractivity contribution in [1.82, 2.24) is 4.90 Å². The minimum absolute atomic E-state index is 0.0234. The second kappa shape index (κ2) is 9.29. The highest BCUT2D eigenvalue weighted by molar-refractivity contribution is 6.06. The number of hydrogen-bond donors (Lipinski definition) is 1. The van der Waals surface area contributed by atoms with Crippen molar-refractivity contribution >= 4 is 23.9 Å². The summed E-state index contributed by atoms with van der Waals surface area (Å²) in [7, 11) is 2.16. The molecule has 1 fully saturated rings. The van der Waals surface area contributed by atoms with E-state index in [0.717, 1.165) is 30.3 Å². The monoisotopic (exact) mass is 375 g/mol. The van der Waals surface area contributed by atoms with Gasteiger partial charge in [0.05, 0.1) is 0 Å². The van der Waals surface area contributed by atoms with Crippen LogP contribution in [0.5, 0.6) is 0 Å². The smallest absolute Gasteiger partial charge is 0.328 e. The van der Waals surface area contributed by atoms with Crippen LogP contribution in [-0.4, -0.2) is 41.9 Å². The number of ketones is 1. The zero-order chi connectivity index (χ0) is 19.9. The number of carbonyl (C=O) groups is 2. The van der Waals surface area contributed by atoms with Gasteiger partial charge in [-0.2, -0.15) is 0 Å². The third-order valence-corrected chi connectivity index (χ3v) is 5.17. The van der Waals surface area contributed by atoms with Gasteiger partial charge >= 0.3 is 5.97 Å². The number of nitrogens with zero attached hydrogens (tertiary/aromatic N) is 1. The Bertz CT molecular complexity index is 871. The lowest BCUT2D eigenvalue weighted by Crippen LogP contribution is -2.29. The number of allylic oxidation sites excluding steroid dienone is 1. The van der Waals surface area contributed by atoms with Crippen LogP contribution >= 0.6 is 0 Å². The Balaban J connectivity index is 1.60. The third kappa shape index (κ3) is 5.51. The van der Waals surface area contributed by atoms with Crippen LogP contribution in [-0.2, 0) is 4.79 Å². The Morgan fingerprint density at radius 3 is 1.96 bits per heavy atom. The number of benzene rings is 2. The fourth-order valence-electron chi connectivity index (χ4n) is 3.42. The highest BCUT2D eigenvalue weighted by atomic mass is 16.4. The van der Waals surface area contributed by atoms with Gasteiger partial charge in [-0.25, -0.2) is 4.79 Å². The first-order valence-electron chi connectivity index (χ1n) is 9.53. The molecular weight excluding hydrogens is 350 g/mol. The lowest BCUT2D eigenvalue weighted by molar-refractivity contribution is -0.131. The van der Waals surface area contributed by atoms with Crippen LogP contribution in [0.2, 0.25) is 0 Å². The van der Waals surface area contributed by atoms with Crippen LogP contribution in [0.3, 0.4) is 0 Å². The molecule has 144 valence electrons. The number of carboxylic acids is 1. The van der Waals surface area contributed by atoms with E-state index in [-0.39, 0.29) is 5.78 Å². The average Bonchev–Trinajstić information content (AvgIpc) is 2.72. The lowest BCUT2D eigenvalue weighted by atomic mass is 9.89. The van der Waals surface area contributed by atoms with Crippen molar-refractivity contribution in [3.05, 3.63) is 82.9 Å². The molecule has 1 N–H and O–H groups in total. The van der Waals surface area contributed by atoms with E-state index >= 15 is 0 Å². The van der Waals surface area contributed by atoms with Gasteiger partial charge in [-0.1, -0.05) is 54.6 Å². The van der Waals surface area contributed by atoms with Crippen molar-refractivity contribution in [2.45, 2.75) is 18.8 Å². The number of carbonyl (C=O) groups excluding carboxylic acids is 1. The first kappa shape index (κ1) is 19.8. The van der Waals surface area contributed by atoms with Crippen LogP contribution in [0.4, 0.5) is 0 Å². The number of hydrogen-bond acceptors (Lipinski definition) is 3. The van der Waals surface area contributed by atoms with Gasteiger partial charge < -0.3 is 10.0 Å². The Labute approximate surface area is 165 Å². The summed E-state index contributed by atoms with van der Waals surface area (Å²) in [6.07, 6.45) is 8.32. The van der Waals surface area contributed by atoms with E-state index in [1.807, 2.05) is 36.4 Å². The predicted octanol–water partition coefficient (Wildman–Crippen LogP) is 4.49. The molecule has 0 spiro atoms. The van der Waals surface area contributed by atoms with E-state index in [9.17, 15) is 9.59 Å². The van der Waals surface area contributed by atoms with Gasteiger partial charge in [-0.15, -0.1) is 0 Å². The summed E-state index contributed by atoms with van der Waals surface area (Å²) in [5, 5.41) is 8.65. The fourth-order valence-corrected chi connectivity index (χ4v) is 3.42. The standard InChI is InChI=1S/C24H25NO3/c1-25-16-14-21(15-17-25)20-8-10-22(11-9-20)23(26)12-6-18-2-4-19(5-3-18)7-13-24(27)28/h2-13,21H,14-17H2,1H3,(H,27,28). The van der Waals surface area contributed by atoms with Crippen molar-refractivity contribution in [2.24, 2.45) is 0 Å². The summed E-state index contributed by atoms with van der Waals surface area (Å²) in [6.45, 7) is 2.25. The minimum atomic E-state index is -0.976. The molecule has 4 heteroatoms. The Morgan fingerprint density at radius 1 is 0.893 bits per heavy atom. The molecular formula is C24H25NO3. The largest absolute Gasteiger partial charge is 0.478 e. The summed E-state index contributed by atoms with van der Waals surface area (Å²) in [6, 6.07) is 15.4. The normalized spacial score (nSPS) is 16.0. The van der Waals surface area contributed by atoms with Gasteiger partial charge in [0, 0.05) is 11.6 Å². The zero-order valence-electron chi connectivity index (χ0n) is 16.0. The molecule has 28 heavy (non-hydrogen) atoms.